The van der Waals surface area contributed by atoms with E-state index in [9.17, 15) is 14.7 Å². The van der Waals surface area contributed by atoms with E-state index in [2.05, 4.69) is 6.92 Å². The third kappa shape index (κ3) is 5.49. The van der Waals surface area contributed by atoms with Crippen LogP contribution in [0.4, 0.5) is 0 Å². The quantitative estimate of drug-likeness (QED) is 0.231. The summed E-state index contributed by atoms with van der Waals surface area (Å²) in [6.45, 7) is 4.74. The first-order valence-electron chi connectivity index (χ1n) is 12.5. The second-order valence-corrected chi connectivity index (χ2v) is 9.28. The van der Waals surface area contributed by atoms with Crippen LogP contribution in [-0.4, -0.2) is 73.6 Å². The van der Waals surface area contributed by atoms with Crippen LogP contribution in [0.15, 0.2) is 48.0 Å². The monoisotopic (exact) mass is 494 g/mol. The van der Waals surface area contributed by atoms with E-state index >= 15 is 0 Å². The molecule has 0 radical (unpaired) electrons. The highest BCUT2D eigenvalue weighted by Crippen LogP contribution is 2.41. The number of hydrogen-bond acceptors (Lipinski definition) is 7. The molecule has 0 aliphatic carbocycles. The average molecular weight is 495 g/mol. The molecule has 2 heterocycles. The summed E-state index contributed by atoms with van der Waals surface area (Å²) in [5, 5.41) is 11.3. The van der Waals surface area contributed by atoms with Crippen LogP contribution in [0.1, 0.15) is 43.4 Å². The Balaban J connectivity index is 1.71. The fourth-order valence-corrected chi connectivity index (χ4v) is 4.44. The highest BCUT2D eigenvalue weighted by Gasteiger charge is 2.45. The predicted molar refractivity (Wildman–Crippen MR) is 136 cm³/mol. The number of nitrogens with zero attached hydrogens (tertiary/aromatic N) is 2. The van der Waals surface area contributed by atoms with E-state index in [0.717, 1.165) is 30.7 Å². The van der Waals surface area contributed by atoms with Gasteiger partial charge in [0.05, 0.1) is 18.2 Å². The zero-order chi connectivity index (χ0) is 25.7. The number of carbonyl (C=O) groups excluding carboxylic acids is 2. The molecule has 2 aromatic rings. The summed E-state index contributed by atoms with van der Waals surface area (Å²) in [6.07, 6.45) is 2.70. The molecule has 8 nitrogen and oxygen atoms in total. The van der Waals surface area contributed by atoms with Crippen molar-refractivity contribution in [1.82, 2.24) is 9.80 Å². The molecule has 4 rings (SSSR count). The van der Waals surface area contributed by atoms with Crippen LogP contribution in [0, 0.1) is 0 Å². The minimum atomic E-state index is -0.704. The van der Waals surface area contributed by atoms with E-state index < -0.39 is 17.7 Å². The topological polar surface area (TPSA) is 88.5 Å². The number of fused-ring (bicyclic) bond motifs is 1. The van der Waals surface area contributed by atoms with E-state index in [1.165, 1.54) is 0 Å². The number of hydrogen-bond donors (Lipinski definition) is 1. The third-order valence-electron chi connectivity index (χ3n) is 6.32. The Labute approximate surface area is 212 Å². The minimum Gasteiger partial charge on any atom is -0.507 e. The van der Waals surface area contributed by atoms with Crippen molar-refractivity contribution < 1.29 is 28.9 Å². The average Bonchev–Trinajstić information content (AvgIpc) is 3.13. The second-order valence-electron chi connectivity index (χ2n) is 9.28. The molecule has 1 fully saturated rings. The zero-order valence-corrected chi connectivity index (χ0v) is 21.2. The van der Waals surface area contributed by atoms with Crippen molar-refractivity contribution in [2.24, 2.45) is 0 Å². The predicted octanol–water partition coefficient (Wildman–Crippen LogP) is 4.01. The Kier molecular flexibility index (Phi) is 8.15. The Morgan fingerprint density at radius 1 is 1.06 bits per heavy atom. The highest BCUT2D eigenvalue weighted by atomic mass is 16.6. The fourth-order valence-electron chi connectivity index (χ4n) is 4.44. The molecule has 2 aliphatic rings. The number of ether oxygens (including phenoxy) is 3. The SMILES string of the molecule is CCCCOc1ccc(C2C(=C(O)c3ccc4c(c3)OCCO4)C(=O)C(=O)N2CCCN(C)C)cc1. The first-order valence-corrected chi connectivity index (χ1v) is 12.5. The van der Waals surface area contributed by atoms with Gasteiger partial charge in [-0.1, -0.05) is 25.5 Å². The maximum Gasteiger partial charge on any atom is 0.295 e. The molecule has 1 N–H and O–H groups in total. The summed E-state index contributed by atoms with van der Waals surface area (Å²) in [4.78, 5) is 30.0. The summed E-state index contributed by atoms with van der Waals surface area (Å²) in [6, 6.07) is 11.7. The molecule has 8 heteroatoms. The van der Waals surface area contributed by atoms with Crippen molar-refractivity contribution in [1.29, 1.82) is 0 Å². The van der Waals surface area contributed by atoms with Gasteiger partial charge in [0.25, 0.3) is 11.7 Å². The lowest BCUT2D eigenvalue weighted by molar-refractivity contribution is -0.139. The van der Waals surface area contributed by atoms with Crippen LogP contribution in [0.5, 0.6) is 17.2 Å². The number of amides is 1. The van der Waals surface area contributed by atoms with Gasteiger partial charge in [-0.15, -0.1) is 0 Å². The van der Waals surface area contributed by atoms with Crippen LogP contribution in [-0.2, 0) is 9.59 Å². The maximum atomic E-state index is 13.2. The molecular formula is C28H34N2O6. The van der Waals surface area contributed by atoms with Gasteiger partial charge in [-0.3, -0.25) is 9.59 Å². The van der Waals surface area contributed by atoms with Crippen molar-refractivity contribution in [3.05, 3.63) is 59.2 Å². The number of ketones is 1. The van der Waals surface area contributed by atoms with Gasteiger partial charge in [0.1, 0.15) is 24.7 Å². The number of Topliss-reactive ketones (excluding diaryl/α,β-unsaturated/α-hetero) is 1. The largest absolute Gasteiger partial charge is 0.507 e. The molecule has 1 amide bonds. The van der Waals surface area contributed by atoms with Gasteiger partial charge >= 0.3 is 0 Å². The van der Waals surface area contributed by atoms with E-state index in [1.807, 2.05) is 43.3 Å². The molecule has 1 atom stereocenters. The number of aliphatic hydroxyl groups is 1. The van der Waals surface area contributed by atoms with Crippen LogP contribution >= 0.6 is 0 Å². The number of likely N-dealkylation sites (tertiary alicyclic amines) is 1. The van der Waals surface area contributed by atoms with Gasteiger partial charge in [-0.2, -0.15) is 0 Å². The van der Waals surface area contributed by atoms with Gasteiger partial charge < -0.3 is 29.1 Å². The molecule has 1 saturated heterocycles. The Morgan fingerprint density at radius 2 is 1.78 bits per heavy atom. The summed E-state index contributed by atoms with van der Waals surface area (Å²) < 4.78 is 17.0. The van der Waals surface area contributed by atoms with Crippen LogP contribution in [0.3, 0.4) is 0 Å². The number of aliphatic hydroxyl groups excluding tert-OH is 1. The fraction of sp³-hybridized carbons (Fsp3) is 0.429. The second kappa shape index (κ2) is 11.5. The molecule has 0 saturated carbocycles. The number of unbranched alkanes of at least 4 members (excludes halogenated alkanes) is 1. The molecule has 2 aliphatic heterocycles. The van der Waals surface area contributed by atoms with Crippen LogP contribution in [0.2, 0.25) is 0 Å². The summed E-state index contributed by atoms with van der Waals surface area (Å²) >= 11 is 0. The zero-order valence-electron chi connectivity index (χ0n) is 21.2. The lowest BCUT2D eigenvalue weighted by atomic mass is 9.95. The Bertz CT molecular complexity index is 1130. The van der Waals surface area contributed by atoms with Crippen LogP contribution < -0.4 is 14.2 Å². The first kappa shape index (κ1) is 25.6. The minimum absolute atomic E-state index is 0.0705. The maximum absolute atomic E-state index is 13.2. The smallest absolute Gasteiger partial charge is 0.295 e. The normalized spacial score (nSPS) is 18.7. The third-order valence-corrected chi connectivity index (χ3v) is 6.32. The van der Waals surface area contributed by atoms with E-state index in [4.69, 9.17) is 14.2 Å². The molecule has 0 spiro atoms. The van der Waals surface area contributed by atoms with Gasteiger partial charge in [0, 0.05) is 12.1 Å². The number of rotatable bonds is 10. The van der Waals surface area contributed by atoms with Crippen molar-refractivity contribution in [3.8, 4) is 17.2 Å². The van der Waals surface area contributed by atoms with Crippen molar-refractivity contribution in [2.45, 2.75) is 32.2 Å². The van der Waals surface area contributed by atoms with Crippen molar-refractivity contribution >= 4 is 17.4 Å². The van der Waals surface area contributed by atoms with Crippen molar-refractivity contribution in [3.63, 3.8) is 0 Å². The van der Waals surface area contributed by atoms with Gasteiger partial charge in [-0.25, -0.2) is 0 Å². The molecule has 0 aromatic heterocycles. The highest BCUT2D eigenvalue weighted by molar-refractivity contribution is 6.46. The summed E-state index contributed by atoms with van der Waals surface area (Å²) in [5.74, 6) is 0.270. The van der Waals surface area contributed by atoms with Crippen LogP contribution in [0.25, 0.3) is 5.76 Å². The molecular weight excluding hydrogens is 460 g/mol. The van der Waals surface area contributed by atoms with Gasteiger partial charge in [0.2, 0.25) is 0 Å². The first-order chi connectivity index (χ1) is 17.4. The standard InChI is InChI=1S/C28H34N2O6/c1-4-5-15-34-21-10-7-19(8-11-21)25-24(27(32)28(33)30(25)14-6-13-29(2)3)26(31)20-9-12-22-23(18-20)36-17-16-35-22/h7-12,18,25,31H,4-6,13-17H2,1-3H3. The van der Waals surface area contributed by atoms with E-state index in [1.54, 1.807) is 23.1 Å². The molecule has 192 valence electrons. The lowest BCUT2D eigenvalue weighted by Crippen LogP contribution is -2.32. The lowest BCUT2D eigenvalue weighted by Gasteiger charge is -2.26. The molecule has 36 heavy (non-hydrogen) atoms. The molecule has 2 aromatic carbocycles. The molecule has 0 bridgehead atoms. The van der Waals surface area contributed by atoms with Crippen molar-refractivity contribution in [2.75, 3.05) is 47.0 Å². The summed E-state index contributed by atoms with van der Waals surface area (Å²) in [5.41, 5.74) is 1.21. The van der Waals surface area contributed by atoms with E-state index in [-0.39, 0.29) is 11.3 Å². The Morgan fingerprint density at radius 3 is 2.47 bits per heavy atom. The summed E-state index contributed by atoms with van der Waals surface area (Å²) in [7, 11) is 3.93. The molecule has 1 unspecified atom stereocenters. The van der Waals surface area contributed by atoms with Gasteiger partial charge in [-0.05, 0) is 69.4 Å². The number of benzene rings is 2. The van der Waals surface area contributed by atoms with E-state index in [0.29, 0.717) is 49.8 Å². The Hall–Kier alpha value is -3.52. The van der Waals surface area contributed by atoms with Gasteiger partial charge in [0.15, 0.2) is 11.5 Å². The number of carbonyl (C=O) groups is 2.